The van der Waals surface area contributed by atoms with Crippen LogP contribution in [0.2, 0.25) is 0 Å². The summed E-state index contributed by atoms with van der Waals surface area (Å²) in [6.45, 7) is 1.57. The molecule has 0 radical (unpaired) electrons. The van der Waals surface area contributed by atoms with Gasteiger partial charge in [0.15, 0.2) is 14.9 Å². The molecule has 0 bridgehead atoms. The minimum absolute atomic E-state index is 0.0877. The van der Waals surface area contributed by atoms with E-state index < -0.39 is 9.84 Å². The van der Waals surface area contributed by atoms with Gasteiger partial charge in [0.2, 0.25) is 0 Å². The van der Waals surface area contributed by atoms with Crippen LogP contribution >= 0.6 is 0 Å². The van der Waals surface area contributed by atoms with E-state index in [2.05, 4.69) is 21.1 Å². The number of nitrogens with zero attached hydrogens (tertiary/aromatic N) is 3. The molecule has 0 amide bonds. The molecule has 0 aliphatic rings. The van der Waals surface area contributed by atoms with E-state index >= 15 is 0 Å². The minimum Gasteiger partial charge on any atom is -0.237 e. The van der Waals surface area contributed by atoms with Gasteiger partial charge in [0.05, 0.1) is 11.4 Å². The molecule has 0 saturated heterocycles. The molecule has 0 aliphatic carbocycles. The van der Waals surface area contributed by atoms with E-state index in [9.17, 15) is 8.42 Å². The van der Waals surface area contributed by atoms with Gasteiger partial charge in [0.1, 0.15) is 6.33 Å². The maximum Gasteiger partial charge on any atom is 0.200 e. The van der Waals surface area contributed by atoms with Crippen LogP contribution in [-0.2, 0) is 9.84 Å². The topological polar surface area (TPSA) is 72.8 Å². The van der Waals surface area contributed by atoms with E-state index in [0.29, 0.717) is 5.69 Å². The predicted octanol–water partition coefficient (Wildman–Crippen LogP) is -0.0230. The smallest absolute Gasteiger partial charge is 0.200 e. The molecule has 5 nitrogen and oxygen atoms in total. The normalized spacial score (nSPS) is 10.9. The van der Waals surface area contributed by atoms with Gasteiger partial charge < -0.3 is 0 Å². The first-order valence-electron chi connectivity index (χ1n) is 3.88. The summed E-state index contributed by atoms with van der Waals surface area (Å²) in [6, 6.07) is 0. The van der Waals surface area contributed by atoms with Crippen LogP contribution in [0.1, 0.15) is 12.1 Å². The van der Waals surface area contributed by atoms with Crippen molar-refractivity contribution in [2.45, 2.75) is 18.4 Å². The third-order valence-electron chi connectivity index (χ3n) is 1.57. The zero-order valence-electron chi connectivity index (χ0n) is 7.64. The highest BCUT2D eigenvalue weighted by atomic mass is 32.2. The maximum absolute atomic E-state index is 11.6. The molecule has 0 aromatic carbocycles. The summed E-state index contributed by atoms with van der Waals surface area (Å²) in [5.74, 6) is 2.14. The second-order valence-electron chi connectivity index (χ2n) is 2.62. The second-order valence-corrected chi connectivity index (χ2v) is 4.65. The van der Waals surface area contributed by atoms with Gasteiger partial charge >= 0.3 is 0 Å². The molecule has 0 fully saturated rings. The molecule has 1 rings (SSSR count). The molecule has 1 heterocycles. The Kier molecular flexibility index (Phi) is 3.14. The molecule has 1 aromatic rings. The maximum atomic E-state index is 11.6. The van der Waals surface area contributed by atoms with Crippen molar-refractivity contribution in [3.63, 3.8) is 0 Å². The number of rotatable bonds is 3. The summed E-state index contributed by atoms with van der Waals surface area (Å²) in [6.07, 6.45) is 6.35. The molecular formula is C8H9N3O2S. The Hall–Kier alpha value is -1.48. The first-order chi connectivity index (χ1) is 6.58. The molecular weight excluding hydrogens is 202 g/mol. The summed E-state index contributed by atoms with van der Waals surface area (Å²) in [7, 11) is -3.43. The first kappa shape index (κ1) is 10.6. The average molecular weight is 211 g/mol. The number of hydrogen-bond donors (Lipinski definition) is 0. The van der Waals surface area contributed by atoms with E-state index in [4.69, 9.17) is 6.42 Å². The van der Waals surface area contributed by atoms with Crippen LogP contribution in [-0.4, -0.2) is 29.4 Å². The van der Waals surface area contributed by atoms with Crippen molar-refractivity contribution < 1.29 is 8.42 Å². The number of aryl methyl sites for hydroxylation is 1. The summed E-state index contributed by atoms with van der Waals surface area (Å²) in [5.41, 5.74) is 0.344. The zero-order valence-corrected chi connectivity index (χ0v) is 8.45. The highest BCUT2D eigenvalue weighted by Gasteiger charge is 2.18. The first-order valence-corrected chi connectivity index (χ1v) is 5.53. The standard InChI is InChI=1S/C8H9N3O2S/c1-3-4-5-14(12,13)8-7(2)9-6-10-11-8/h1,6H,4-5H2,2H3. The fraction of sp³-hybridized carbons (Fsp3) is 0.375. The summed E-state index contributed by atoms with van der Waals surface area (Å²) in [4.78, 5) is 3.75. The lowest BCUT2D eigenvalue weighted by molar-refractivity contribution is 0.587. The number of hydrogen-bond acceptors (Lipinski definition) is 5. The number of aromatic nitrogens is 3. The SMILES string of the molecule is C#CCCS(=O)(=O)c1nncnc1C. The highest BCUT2D eigenvalue weighted by Crippen LogP contribution is 2.10. The van der Waals surface area contributed by atoms with Gasteiger partial charge in [-0.25, -0.2) is 13.4 Å². The van der Waals surface area contributed by atoms with Crippen LogP contribution in [0.4, 0.5) is 0 Å². The van der Waals surface area contributed by atoms with E-state index in [1.165, 1.54) is 6.33 Å². The Morgan fingerprint density at radius 3 is 2.86 bits per heavy atom. The molecule has 0 saturated carbocycles. The van der Waals surface area contributed by atoms with Gasteiger partial charge in [0, 0.05) is 6.42 Å². The van der Waals surface area contributed by atoms with Crippen molar-refractivity contribution in [2.75, 3.05) is 5.75 Å². The van der Waals surface area contributed by atoms with Gasteiger partial charge in [-0.15, -0.1) is 22.5 Å². The van der Waals surface area contributed by atoms with Gasteiger partial charge in [-0.05, 0) is 6.92 Å². The lowest BCUT2D eigenvalue weighted by atomic mass is 10.5. The molecule has 0 aliphatic heterocycles. The molecule has 0 N–H and O–H groups in total. The quantitative estimate of drug-likeness (QED) is 0.657. The predicted molar refractivity (Wildman–Crippen MR) is 50.1 cm³/mol. The van der Waals surface area contributed by atoms with Crippen molar-refractivity contribution >= 4 is 9.84 Å². The third kappa shape index (κ3) is 2.26. The molecule has 0 unspecified atom stereocenters. The molecule has 74 valence electrons. The van der Waals surface area contributed by atoms with Crippen LogP contribution in [0.25, 0.3) is 0 Å². The van der Waals surface area contributed by atoms with Crippen LogP contribution in [0.15, 0.2) is 11.4 Å². The average Bonchev–Trinajstić information content (AvgIpc) is 2.15. The molecule has 1 aromatic heterocycles. The lowest BCUT2D eigenvalue weighted by Crippen LogP contribution is -2.12. The fourth-order valence-corrected chi connectivity index (χ4v) is 2.15. The van der Waals surface area contributed by atoms with E-state index in [0.717, 1.165) is 0 Å². The van der Waals surface area contributed by atoms with E-state index in [-0.39, 0.29) is 17.2 Å². The zero-order chi connectivity index (χ0) is 10.6. The van der Waals surface area contributed by atoms with Gasteiger partial charge in [0.25, 0.3) is 0 Å². The van der Waals surface area contributed by atoms with Crippen molar-refractivity contribution in [3.8, 4) is 12.3 Å². The Bertz CT molecular complexity index is 462. The van der Waals surface area contributed by atoms with Crippen molar-refractivity contribution in [3.05, 3.63) is 12.0 Å². The van der Waals surface area contributed by atoms with E-state index in [1.807, 2.05) is 0 Å². The monoisotopic (exact) mass is 211 g/mol. The molecule has 14 heavy (non-hydrogen) atoms. The number of terminal acetylenes is 1. The van der Waals surface area contributed by atoms with Crippen molar-refractivity contribution in [1.29, 1.82) is 0 Å². The fourth-order valence-electron chi connectivity index (χ4n) is 0.895. The molecule has 0 atom stereocenters. The summed E-state index contributed by atoms with van der Waals surface area (Å²) in [5, 5.41) is 6.87. The lowest BCUT2D eigenvalue weighted by Gasteiger charge is -2.01. The van der Waals surface area contributed by atoms with Crippen LogP contribution in [0.3, 0.4) is 0 Å². The summed E-state index contributed by atoms with van der Waals surface area (Å²) < 4.78 is 23.1. The minimum atomic E-state index is -3.43. The van der Waals surface area contributed by atoms with Crippen LogP contribution in [0.5, 0.6) is 0 Å². The third-order valence-corrected chi connectivity index (χ3v) is 3.28. The second kappa shape index (κ2) is 4.15. The summed E-state index contributed by atoms with van der Waals surface area (Å²) >= 11 is 0. The Labute approximate surface area is 82.5 Å². The molecule has 6 heteroatoms. The molecule has 0 spiro atoms. The van der Waals surface area contributed by atoms with Crippen molar-refractivity contribution in [1.82, 2.24) is 15.2 Å². The highest BCUT2D eigenvalue weighted by molar-refractivity contribution is 7.91. The van der Waals surface area contributed by atoms with Crippen LogP contribution < -0.4 is 0 Å². The van der Waals surface area contributed by atoms with Crippen LogP contribution in [0, 0.1) is 19.3 Å². The largest absolute Gasteiger partial charge is 0.237 e. The Morgan fingerprint density at radius 2 is 2.29 bits per heavy atom. The number of sulfone groups is 1. The Morgan fingerprint density at radius 1 is 1.57 bits per heavy atom. The van der Waals surface area contributed by atoms with E-state index in [1.54, 1.807) is 6.92 Å². The van der Waals surface area contributed by atoms with Gasteiger partial charge in [-0.3, -0.25) is 0 Å². The van der Waals surface area contributed by atoms with Gasteiger partial charge in [-0.1, -0.05) is 0 Å². The van der Waals surface area contributed by atoms with Crippen molar-refractivity contribution in [2.24, 2.45) is 0 Å². The Balaban J connectivity index is 3.06. The van der Waals surface area contributed by atoms with Gasteiger partial charge in [-0.2, -0.15) is 0 Å².